The van der Waals surface area contributed by atoms with Crippen molar-refractivity contribution in [3.8, 4) is 0 Å². The Morgan fingerprint density at radius 1 is 1.21 bits per heavy atom. The molecule has 9 heteroatoms. The number of carboxylic acids is 1. The number of aryl methyl sites for hydroxylation is 1. The number of allylic oxidation sites excluding steroid dienone is 1. The Hall–Kier alpha value is -3.98. The molecule has 1 aliphatic carbocycles. The fraction of sp³-hybridized carbons (Fsp3) is 0.276. The summed E-state index contributed by atoms with van der Waals surface area (Å²) in [4.78, 5) is 33.8. The van der Waals surface area contributed by atoms with Gasteiger partial charge in [-0.3, -0.25) is 10.1 Å². The molecule has 8 nitrogen and oxygen atoms in total. The standard InChI is InChI=1S/C29H28N4O4S/c1-29(2,3)19-15-18(26-21(16-19)25(27(34)35)20-7-5-6-8-22(20)31-26)13-17-9-10-24(23(14-17)33(36)37)38-28-30-11-12-32(28)4/h5-14,19H,15-16H2,1-4H3,(H,34,35)/b18-13+. The molecule has 0 saturated heterocycles. The summed E-state index contributed by atoms with van der Waals surface area (Å²) in [6.45, 7) is 6.47. The lowest BCUT2D eigenvalue weighted by atomic mass is 9.69. The van der Waals surface area contributed by atoms with E-state index in [1.54, 1.807) is 30.6 Å². The molecule has 0 bridgehead atoms. The van der Waals surface area contributed by atoms with Crippen LogP contribution in [0.25, 0.3) is 22.6 Å². The molecule has 1 atom stereocenters. The van der Waals surface area contributed by atoms with Crippen molar-refractivity contribution in [1.82, 2.24) is 14.5 Å². The Balaban J connectivity index is 1.67. The van der Waals surface area contributed by atoms with Crippen molar-refractivity contribution in [3.63, 3.8) is 0 Å². The van der Waals surface area contributed by atoms with Gasteiger partial charge in [0.25, 0.3) is 5.69 Å². The molecule has 5 rings (SSSR count). The molecule has 0 radical (unpaired) electrons. The van der Waals surface area contributed by atoms with Crippen LogP contribution in [0.3, 0.4) is 0 Å². The first-order valence-electron chi connectivity index (χ1n) is 12.3. The number of imidazole rings is 1. The highest BCUT2D eigenvalue weighted by atomic mass is 32.2. The Bertz CT molecular complexity index is 1620. The average molecular weight is 529 g/mol. The van der Waals surface area contributed by atoms with E-state index in [4.69, 9.17) is 4.98 Å². The van der Waals surface area contributed by atoms with E-state index in [-0.39, 0.29) is 21.9 Å². The maximum atomic E-state index is 12.5. The summed E-state index contributed by atoms with van der Waals surface area (Å²) in [5.41, 5.74) is 3.78. The summed E-state index contributed by atoms with van der Waals surface area (Å²) in [7, 11) is 1.84. The molecule has 2 aromatic heterocycles. The molecule has 38 heavy (non-hydrogen) atoms. The van der Waals surface area contributed by atoms with Crippen molar-refractivity contribution in [1.29, 1.82) is 0 Å². The van der Waals surface area contributed by atoms with Gasteiger partial charge in [0, 0.05) is 30.9 Å². The lowest BCUT2D eigenvalue weighted by Crippen LogP contribution is -2.28. The smallest absolute Gasteiger partial charge is 0.336 e. The summed E-state index contributed by atoms with van der Waals surface area (Å²) in [5, 5.41) is 23.5. The summed E-state index contributed by atoms with van der Waals surface area (Å²) in [6.07, 6.45) is 6.67. The number of nitrogens with zero attached hydrogens (tertiary/aromatic N) is 4. The second-order valence-corrected chi connectivity index (χ2v) is 11.7. The van der Waals surface area contributed by atoms with Gasteiger partial charge in [0.1, 0.15) is 0 Å². The number of aromatic carboxylic acids is 1. The van der Waals surface area contributed by atoms with Gasteiger partial charge in [-0.2, -0.15) is 0 Å². The first-order valence-corrected chi connectivity index (χ1v) is 13.1. The third-order valence-electron chi connectivity index (χ3n) is 7.15. The number of nitro groups is 1. The number of fused-ring (bicyclic) bond motifs is 2. The lowest BCUT2D eigenvalue weighted by molar-refractivity contribution is -0.387. The van der Waals surface area contributed by atoms with E-state index in [1.807, 2.05) is 42.0 Å². The minimum atomic E-state index is -0.972. The zero-order valence-electron chi connectivity index (χ0n) is 21.6. The maximum Gasteiger partial charge on any atom is 0.336 e. The summed E-state index contributed by atoms with van der Waals surface area (Å²) >= 11 is 1.24. The van der Waals surface area contributed by atoms with Gasteiger partial charge in [0.05, 0.1) is 26.6 Å². The predicted octanol–water partition coefficient (Wildman–Crippen LogP) is 6.88. The summed E-state index contributed by atoms with van der Waals surface area (Å²) in [5.74, 6) is -0.796. The molecule has 1 unspecified atom stereocenters. The number of nitro benzene ring substituents is 1. The highest BCUT2D eigenvalue weighted by molar-refractivity contribution is 7.99. The van der Waals surface area contributed by atoms with Crippen LogP contribution in [0.5, 0.6) is 0 Å². The van der Waals surface area contributed by atoms with Crippen LogP contribution in [0.2, 0.25) is 0 Å². The highest BCUT2D eigenvalue weighted by Crippen LogP contribution is 2.45. The predicted molar refractivity (Wildman–Crippen MR) is 148 cm³/mol. The topological polar surface area (TPSA) is 111 Å². The molecule has 0 saturated carbocycles. The molecule has 194 valence electrons. The number of rotatable bonds is 5. The molecular formula is C29H28N4O4S. The second-order valence-electron chi connectivity index (χ2n) is 10.7. The molecule has 0 spiro atoms. The molecule has 0 aliphatic heterocycles. The highest BCUT2D eigenvalue weighted by Gasteiger charge is 2.35. The van der Waals surface area contributed by atoms with E-state index < -0.39 is 5.97 Å². The molecule has 0 fully saturated rings. The number of para-hydroxylation sites is 1. The molecule has 1 aliphatic rings. The zero-order valence-corrected chi connectivity index (χ0v) is 22.5. The quantitative estimate of drug-likeness (QED) is 0.222. The van der Waals surface area contributed by atoms with Crippen LogP contribution in [0.4, 0.5) is 5.69 Å². The number of aromatic nitrogens is 3. The third-order valence-corrected chi connectivity index (χ3v) is 8.29. The first kappa shape index (κ1) is 25.7. The summed E-state index contributed by atoms with van der Waals surface area (Å²) < 4.78 is 1.81. The number of carbonyl (C=O) groups is 1. The molecule has 1 N–H and O–H groups in total. The Morgan fingerprint density at radius 3 is 2.63 bits per heavy atom. The third kappa shape index (κ3) is 4.81. The second kappa shape index (κ2) is 9.72. The minimum Gasteiger partial charge on any atom is -0.478 e. The van der Waals surface area contributed by atoms with Crippen LogP contribution in [0.1, 0.15) is 54.4 Å². The van der Waals surface area contributed by atoms with E-state index in [1.165, 1.54) is 11.8 Å². The fourth-order valence-corrected chi connectivity index (χ4v) is 5.87. The summed E-state index contributed by atoms with van der Waals surface area (Å²) in [6, 6.07) is 12.5. The van der Waals surface area contributed by atoms with Gasteiger partial charge in [-0.05, 0) is 70.8 Å². The largest absolute Gasteiger partial charge is 0.478 e. The Kier molecular flexibility index (Phi) is 6.56. The number of benzene rings is 2. The van der Waals surface area contributed by atoms with Crippen LogP contribution in [0, 0.1) is 21.4 Å². The van der Waals surface area contributed by atoms with Crippen LogP contribution in [0.15, 0.2) is 64.9 Å². The van der Waals surface area contributed by atoms with Crippen molar-refractivity contribution in [3.05, 3.63) is 87.4 Å². The van der Waals surface area contributed by atoms with Crippen LogP contribution < -0.4 is 0 Å². The normalized spacial score (nSPS) is 16.5. The number of hydrogen-bond donors (Lipinski definition) is 1. The molecular weight excluding hydrogens is 500 g/mol. The van der Waals surface area contributed by atoms with Crippen molar-refractivity contribution in [2.45, 2.75) is 43.7 Å². The van der Waals surface area contributed by atoms with Crippen LogP contribution >= 0.6 is 11.8 Å². The van der Waals surface area contributed by atoms with Crippen molar-refractivity contribution >= 4 is 46.0 Å². The van der Waals surface area contributed by atoms with Gasteiger partial charge in [-0.15, -0.1) is 0 Å². The Morgan fingerprint density at radius 2 is 1.97 bits per heavy atom. The van der Waals surface area contributed by atoms with Crippen LogP contribution in [-0.2, 0) is 13.5 Å². The van der Waals surface area contributed by atoms with E-state index >= 15 is 0 Å². The Labute approximate surface area is 224 Å². The SMILES string of the molecule is Cn1ccnc1Sc1ccc(/C=C2\CC(C(C)(C)C)Cc3c2nc2ccccc2c3C(=O)O)cc1[N+](=O)[O-]. The number of hydrogen-bond acceptors (Lipinski definition) is 6. The van der Waals surface area contributed by atoms with Gasteiger partial charge in [-0.1, -0.05) is 45.0 Å². The maximum absolute atomic E-state index is 12.5. The fourth-order valence-electron chi connectivity index (χ4n) is 4.98. The van der Waals surface area contributed by atoms with E-state index in [2.05, 4.69) is 25.8 Å². The monoisotopic (exact) mass is 528 g/mol. The molecule has 4 aromatic rings. The van der Waals surface area contributed by atoms with E-state index in [0.717, 1.165) is 11.1 Å². The van der Waals surface area contributed by atoms with E-state index in [9.17, 15) is 20.0 Å². The van der Waals surface area contributed by atoms with Gasteiger partial charge >= 0.3 is 5.97 Å². The first-order chi connectivity index (χ1) is 18.0. The van der Waals surface area contributed by atoms with Crippen molar-refractivity contribution in [2.24, 2.45) is 18.4 Å². The molecule has 2 heterocycles. The van der Waals surface area contributed by atoms with Gasteiger partial charge < -0.3 is 9.67 Å². The van der Waals surface area contributed by atoms with Crippen molar-refractivity contribution < 1.29 is 14.8 Å². The molecule has 2 aromatic carbocycles. The minimum absolute atomic E-state index is 0.00606. The van der Waals surface area contributed by atoms with E-state index in [0.29, 0.717) is 50.6 Å². The van der Waals surface area contributed by atoms with Gasteiger partial charge in [0.2, 0.25) is 0 Å². The lowest BCUT2D eigenvalue weighted by Gasteiger charge is -2.36. The zero-order chi connectivity index (χ0) is 27.2. The van der Waals surface area contributed by atoms with Crippen molar-refractivity contribution in [2.75, 3.05) is 0 Å². The van der Waals surface area contributed by atoms with Gasteiger partial charge in [-0.25, -0.2) is 14.8 Å². The number of pyridine rings is 1. The average Bonchev–Trinajstić information content (AvgIpc) is 3.26. The number of carboxylic acid groups (broad SMARTS) is 1. The van der Waals surface area contributed by atoms with Gasteiger partial charge in [0.15, 0.2) is 5.16 Å². The molecule has 0 amide bonds. The van der Waals surface area contributed by atoms with Crippen LogP contribution in [-0.4, -0.2) is 30.5 Å².